The molecule has 1 aromatic heterocycles. The predicted octanol–water partition coefficient (Wildman–Crippen LogP) is 2.99. The normalized spacial score (nSPS) is 15.7. The molecule has 166 valence electrons. The second kappa shape index (κ2) is 10.3. The number of nitrogens with one attached hydrogen (secondary N) is 1. The molecule has 1 atom stereocenters. The molecule has 31 heavy (non-hydrogen) atoms. The lowest BCUT2D eigenvalue weighted by Gasteiger charge is -2.32. The molecule has 0 unspecified atom stereocenters. The van der Waals surface area contributed by atoms with E-state index in [1.54, 1.807) is 21.8 Å². The summed E-state index contributed by atoms with van der Waals surface area (Å²) < 4.78 is 7.19. The number of carbonyl (C=O) groups is 3. The van der Waals surface area contributed by atoms with Gasteiger partial charge in [0.1, 0.15) is 5.82 Å². The molecular formula is C23H30N4O4. The van der Waals surface area contributed by atoms with E-state index < -0.39 is 12.0 Å². The fourth-order valence-corrected chi connectivity index (χ4v) is 3.87. The summed E-state index contributed by atoms with van der Waals surface area (Å²) >= 11 is 0. The van der Waals surface area contributed by atoms with Gasteiger partial charge in [0.05, 0.1) is 12.2 Å². The van der Waals surface area contributed by atoms with Crippen LogP contribution < -0.4 is 5.32 Å². The number of anilines is 1. The maximum Gasteiger partial charge on any atom is 0.289 e. The highest BCUT2D eigenvalue weighted by Gasteiger charge is 2.29. The average Bonchev–Trinajstić information content (AvgIpc) is 3.22. The second-order valence-electron chi connectivity index (χ2n) is 8.22. The Morgan fingerprint density at radius 1 is 1.13 bits per heavy atom. The Morgan fingerprint density at radius 2 is 1.81 bits per heavy atom. The Bertz CT molecular complexity index is 901. The maximum absolute atomic E-state index is 12.8. The number of carbonyl (C=O) groups excluding carboxylic acids is 3. The number of Topliss-reactive ketones (excluding diaryl/α,β-unsaturated/α-hetero) is 1. The number of hydrogen-bond acceptors (Lipinski definition) is 5. The van der Waals surface area contributed by atoms with E-state index in [0.29, 0.717) is 31.7 Å². The number of nitrogens with zero attached hydrogens (tertiary/aromatic N) is 3. The molecule has 1 aliphatic heterocycles. The lowest BCUT2D eigenvalue weighted by molar-refractivity contribution is -0.146. The van der Waals surface area contributed by atoms with Gasteiger partial charge in [0.2, 0.25) is 5.78 Å². The summed E-state index contributed by atoms with van der Waals surface area (Å²) in [5, 5.41) is 7.30. The average molecular weight is 427 g/mol. The van der Waals surface area contributed by atoms with Gasteiger partial charge in [-0.1, -0.05) is 44.2 Å². The first kappa shape index (κ1) is 22.7. The summed E-state index contributed by atoms with van der Waals surface area (Å²) in [4.78, 5) is 38.9. The molecule has 8 heteroatoms. The minimum Gasteiger partial charge on any atom is -0.367 e. The van der Waals surface area contributed by atoms with Crippen LogP contribution in [-0.4, -0.2) is 52.5 Å². The number of piperidine rings is 1. The minimum atomic E-state index is -0.726. The number of methoxy groups -OCH3 is 1. The van der Waals surface area contributed by atoms with Crippen LogP contribution in [0.1, 0.15) is 50.8 Å². The predicted molar refractivity (Wildman–Crippen MR) is 116 cm³/mol. The van der Waals surface area contributed by atoms with Crippen LogP contribution in [0.3, 0.4) is 0 Å². The van der Waals surface area contributed by atoms with Crippen LogP contribution in [0.5, 0.6) is 0 Å². The van der Waals surface area contributed by atoms with E-state index in [2.05, 4.69) is 10.4 Å². The van der Waals surface area contributed by atoms with Crippen molar-refractivity contribution >= 4 is 23.4 Å². The van der Waals surface area contributed by atoms with Gasteiger partial charge >= 0.3 is 0 Å². The maximum atomic E-state index is 12.8. The summed E-state index contributed by atoms with van der Waals surface area (Å²) in [6.45, 7) is 4.84. The highest BCUT2D eigenvalue weighted by atomic mass is 16.5. The zero-order valence-corrected chi connectivity index (χ0v) is 18.3. The molecule has 0 radical (unpaired) electrons. The van der Waals surface area contributed by atoms with Crippen LogP contribution in [0.25, 0.3) is 0 Å². The highest BCUT2D eigenvalue weighted by Crippen LogP contribution is 2.27. The van der Waals surface area contributed by atoms with Gasteiger partial charge in [-0.05, 0) is 24.3 Å². The van der Waals surface area contributed by atoms with Crippen molar-refractivity contribution in [2.75, 3.05) is 25.5 Å². The summed E-state index contributed by atoms with van der Waals surface area (Å²) in [6.07, 6.45) is 2.52. The molecule has 1 aromatic carbocycles. The first-order valence-corrected chi connectivity index (χ1v) is 10.6. The van der Waals surface area contributed by atoms with E-state index >= 15 is 0 Å². The number of ketones is 1. The molecule has 1 saturated heterocycles. The molecule has 0 saturated carbocycles. The number of likely N-dealkylation sites (tertiary alicyclic amines) is 1. The third-order valence-corrected chi connectivity index (χ3v) is 5.43. The van der Waals surface area contributed by atoms with E-state index in [1.165, 1.54) is 7.11 Å². The van der Waals surface area contributed by atoms with E-state index in [0.717, 1.165) is 5.56 Å². The van der Waals surface area contributed by atoms with E-state index in [-0.39, 0.29) is 30.1 Å². The fraction of sp³-hybridized carbons (Fsp3) is 0.478. The number of aromatic nitrogens is 2. The fourth-order valence-electron chi connectivity index (χ4n) is 3.87. The molecule has 3 rings (SSSR count). The Hall–Kier alpha value is -3.00. The second-order valence-corrected chi connectivity index (χ2v) is 8.22. The van der Waals surface area contributed by atoms with Crippen molar-refractivity contribution in [1.82, 2.24) is 14.7 Å². The van der Waals surface area contributed by atoms with Gasteiger partial charge in [0, 0.05) is 32.7 Å². The molecule has 1 aliphatic rings. The molecule has 1 fully saturated rings. The molecule has 0 aliphatic carbocycles. The van der Waals surface area contributed by atoms with Gasteiger partial charge in [-0.25, -0.2) is 4.68 Å². The molecular weight excluding hydrogens is 396 g/mol. The van der Waals surface area contributed by atoms with Gasteiger partial charge in [-0.2, -0.15) is 5.10 Å². The third kappa shape index (κ3) is 5.58. The van der Waals surface area contributed by atoms with Crippen molar-refractivity contribution in [3.05, 3.63) is 48.2 Å². The number of hydrogen-bond donors (Lipinski definition) is 1. The highest BCUT2D eigenvalue weighted by molar-refractivity contribution is 6.36. The van der Waals surface area contributed by atoms with E-state index in [1.807, 2.05) is 44.2 Å². The van der Waals surface area contributed by atoms with Crippen molar-refractivity contribution in [3.8, 4) is 0 Å². The summed E-state index contributed by atoms with van der Waals surface area (Å²) in [5.41, 5.74) is 0.770. The molecule has 1 N–H and O–H groups in total. The van der Waals surface area contributed by atoms with Crippen molar-refractivity contribution in [2.45, 2.75) is 45.3 Å². The van der Waals surface area contributed by atoms with E-state index in [4.69, 9.17) is 4.74 Å². The van der Waals surface area contributed by atoms with Gasteiger partial charge in [0.25, 0.3) is 11.8 Å². The smallest absolute Gasteiger partial charge is 0.289 e. The van der Waals surface area contributed by atoms with Gasteiger partial charge < -0.3 is 15.0 Å². The first-order valence-electron chi connectivity index (χ1n) is 10.6. The van der Waals surface area contributed by atoms with Crippen LogP contribution in [0, 0.1) is 5.92 Å². The molecule has 2 aromatic rings. The quantitative estimate of drug-likeness (QED) is 0.655. The molecule has 0 spiro atoms. The third-order valence-electron chi connectivity index (χ3n) is 5.43. The monoisotopic (exact) mass is 426 g/mol. The Labute approximate surface area is 182 Å². The number of rotatable bonds is 8. The Kier molecular flexibility index (Phi) is 7.57. The number of benzene rings is 1. The summed E-state index contributed by atoms with van der Waals surface area (Å²) in [5.74, 6) is -0.249. The lowest BCUT2D eigenvalue weighted by Crippen LogP contribution is -2.43. The standard InChI is InChI=1S/C23H30N4O4/c1-16(2)15-19(28)23(30)26-13-10-18(11-14-26)27-20(9-12-24-27)25-22(29)21(31-3)17-7-5-4-6-8-17/h4-9,12,16,18,21H,10-11,13-15H2,1-3H3,(H,25,29)/t21-/m1/s1. The van der Waals surface area contributed by atoms with Crippen molar-refractivity contribution in [1.29, 1.82) is 0 Å². The van der Waals surface area contributed by atoms with Crippen molar-refractivity contribution in [2.24, 2.45) is 5.92 Å². The zero-order chi connectivity index (χ0) is 22.4. The number of ether oxygens (including phenoxy) is 1. The van der Waals surface area contributed by atoms with Crippen LogP contribution in [0.15, 0.2) is 42.6 Å². The Morgan fingerprint density at radius 3 is 2.42 bits per heavy atom. The van der Waals surface area contributed by atoms with Crippen LogP contribution in [0.4, 0.5) is 5.82 Å². The lowest BCUT2D eigenvalue weighted by atomic mass is 10.0. The zero-order valence-electron chi connectivity index (χ0n) is 18.3. The number of amides is 2. The van der Waals surface area contributed by atoms with Gasteiger partial charge in [-0.3, -0.25) is 14.4 Å². The largest absolute Gasteiger partial charge is 0.367 e. The molecule has 2 amide bonds. The minimum absolute atomic E-state index is 0.0345. The van der Waals surface area contributed by atoms with Crippen LogP contribution >= 0.6 is 0 Å². The summed E-state index contributed by atoms with van der Waals surface area (Å²) in [6, 6.07) is 11.1. The molecule has 8 nitrogen and oxygen atoms in total. The molecule has 2 heterocycles. The van der Waals surface area contributed by atoms with Gasteiger partial charge in [-0.15, -0.1) is 0 Å². The summed E-state index contributed by atoms with van der Waals surface area (Å²) in [7, 11) is 1.50. The van der Waals surface area contributed by atoms with Gasteiger partial charge in [0.15, 0.2) is 6.10 Å². The van der Waals surface area contributed by atoms with E-state index in [9.17, 15) is 14.4 Å². The first-order chi connectivity index (χ1) is 14.9. The van der Waals surface area contributed by atoms with Crippen LogP contribution in [-0.2, 0) is 19.1 Å². The van der Waals surface area contributed by atoms with Crippen molar-refractivity contribution < 1.29 is 19.1 Å². The van der Waals surface area contributed by atoms with Crippen molar-refractivity contribution in [3.63, 3.8) is 0 Å². The van der Waals surface area contributed by atoms with Crippen LogP contribution in [0.2, 0.25) is 0 Å². The molecule has 0 bridgehead atoms. The topological polar surface area (TPSA) is 93.5 Å². The SMILES string of the molecule is CO[C@@H](C(=O)Nc1ccnn1C1CCN(C(=O)C(=O)CC(C)C)CC1)c1ccccc1. The Balaban J connectivity index is 1.61.